The molecular formula is C19H14ClNO2S3. The van der Waals surface area contributed by atoms with Gasteiger partial charge in [0.15, 0.2) is 3.95 Å². The van der Waals surface area contributed by atoms with Crippen molar-refractivity contribution in [3.63, 3.8) is 0 Å². The molecule has 0 bridgehead atoms. The molecule has 1 aromatic heterocycles. The first-order chi connectivity index (χ1) is 12.5. The lowest BCUT2D eigenvalue weighted by Gasteiger charge is -2.27. The molecule has 2 heterocycles. The van der Waals surface area contributed by atoms with Gasteiger partial charge in [0, 0.05) is 10.9 Å². The minimum atomic E-state index is -0.595. The minimum Gasteiger partial charge on any atom is -0.407 e. The number of thiazole rings is 1. The predicted octanol–water partition coefficient (Wildman–Crippen LogP) is 5.58. The van der Waals surface area contributed by atoms with Crippen LogP contribution in [0.25, 0.3) is 5.69 Å². The second-order valence-corrected chi connectivity index (χ2v) is 8.72. The summed E-state index contributed by atoms with van der Waals surface area (Å²) in [5.74, 6) is -0.121. The number of thiol groups is 1. The lowest BCUT2D eigenvalue weighted by Crippen LogP contribution is -2.33. The number of halogens is 1. The van der Waals surface area contributed by atoms with E-state index in [4.69, 9.17) is 28.6 Å². The van der Waals surface area contributed by atoms with E-state index in [-0.39, 0.29) is 11.9 Å². The highest BCUT2D eigenvalue weighted by Crippen LogP contribution is 2.46. The largest absolute Gasteiger partial charge is 0.407 e. The molecule has 0 unspecified atom stereocenters. The average molecular weight is 420 g/mol. The van der Waals surface area contributed by atoms with Crippen LogP contribution < -0.4 is 4.74 Å². The maximum Gasteiger partial charge on any atom is 0.326 e. The van der Waals surface area contributed by atoms with Crippen LogP contribution in [-0.4, -0.2) is 15.8 Å². The van der Waals surface area contributed by atoms with Crippen molar-refractivity contribution < 1.29 is 9.53 Å². The van der Waals surface area contributed by atoms with Crippen molar-refractivity contribution in [3.05, 3.63) is 73.5 Å². The van der Waals surface area contributed by atoms with Crippen molar-refractivity contribution in [3.8, 4) is 11.6 Å². The number of aromatic nitrogens is 1. The number of nitrogens with zero attached hydrogens (tertiary/aromatic N) is 1. The Labute approximate surface area is 170 Å². The molecular weight excluding hydrogens is 406 g/mol. The summed E-state index contributed by atoms with van der Waals surface area (Å²) in [6, 6.07) is 15.3. The summed E-state index contributed by atoms with van der Waals surface area (Å²) in [5.41, 5.74) is 2.92. The zero-order valence-electron chi connectivity index (χ0n) is 13.7. The molecule has 7 heteroatoms. The summed E-state index contributed by atoms with van der Waals surface area (Å²) in [6.45, 7) is 2.00. The first-order valence-corrected chi connectivity index (χ1v) is 10.1. The Balaban J connectivity index is 1.94. The zero-order valence-corrected chi connectivity index (χ0v) is 17.0. The molecule has 0 saturated carbocycles. The van der Waals surface area contributed by atoms with Crippen LogP contribution in [0.2, 0.25) is 5.02 Å². The highest BCUT2D eigenvalue weighted by Gasteiger charge is 2.40. The Morgan fingerprint density at radius 2 is 1.88 bits per heavy atom. The number of hydrogen-bond acceptors (Lipinski definition) is 5. The van der Waals surface area contributed by atoms with Crippen molar-refractivity contribution in [2.24, 2.45) is 0 Å². The van der Waals surface area contributed by atoms with Crippen molar-refractivity contribution in [2.75, 3.05) is 0 Å². The molecule has 0 amide bonds. The molecule has 0 saturated heterocycles. The van der Waals surface area contributed by atoms with Crippen LogP contribution >= 0.6 is 47.8 Å². The van der Waals surface area contributed by atoms with Crippen LogP contribution in [0.4, 0.5) is 0 Å². The molecule has 4 rings (SSSR count). The second kappa shape index (κ2) is 6.85. The first-order valence-electron chi connectivity index (χ1n) is 7.94. The van der Waals surface area contributed by atoms with Crippen molar-refractivity contribution >= 4 is 53.8 Å². The van der Waals surface area contributed by atoms with E-state index in [9.17, 15) is 4.79 Å². The summed E-state index contributed by atoms with van der Waals surface area (Å²) in [7, 11) is 0. The lowest BCUT2D eigenvalue weighted by atomic mass is 9.92. The van der Waals surface area contributed by atoms with E-state index in [2.05, 4.69) is 12.6 Å². The van der Waals surface area contributed by atoms with Crippen LogP contribution in [0, 0.1) is 10.9 Å². The Bertz CT molecular complexity index is 1060. The molecule has 0 aliphatic carbocycles. The molecule has 0 radical (unpaired) electrons. The fraction of sp³-hybridized carbons (Fsp3) is 0.158. The van der Waals surface area contributed by atoms with Gasteiger partial charge in [-0.3, -0.25) is 9.36 Å². The van der Waals surface area contributed by atoms with E-state index < -0.39 is 5.25 Å². The fourth-order valence-electron chi connectivity index (χ4n) is 3.13. The monoisotopic (exact) mass is 419 g/mol. The van der Waals surface area contributed by atoms with Crippen LogP contribution in [0.15, 0.2) is 48.5 Å². The maximum atomic E-state index is 12.5. The van der Waals surface area contributed by atoms with E-state index in [1.54, 1.807) is 0 Å². The summed E-state index contributed by atoms with van der Waals surface area (Å²) >= 11 is 17.6. The molecule has 0 N–H and O–H groups in total. The Hall–Kier alpha value is -1.60. The highest BCUT2D eigenvalue weighted by atomic mass is 35.5. The average Bonchev–Trinajstić information content (AvgIpc) is 2.93. The van der Waals surface area contributed by atoms with E-state index in [0.717, 1.165) is 21.7 Å². The van der Waals surface area contributed by atoms with Gasteiger partial charge in [0.25, 0.3) is 0 Å². The van der Waals surface area contributed by atoms with Gasteiger partial charge in [0.05, 0.1) is 10.6 Å². The van der Waals surface area contributed by atoms with Crippen molar-refractivity contribution in [2.45, 2.75) is 18.1 Å². The normalized spacial score (nSPS) is 19.1. The van der Waals surface area contributed by atoms with Gasteiger partial charge >= 0.3 is 5.97 Å². The molecule has 1 aliphatic heterocycles. The van der Waals surface area contributed by atoms with Gasteiger partial charge < -0.3 is 4.74 Å². The fourth-order valence-corrected chi connectivity index (χ4v) is 5.26. The van der Waals surface area contributed by atoms with Crippen molar-refractivity contribution in [1.82, 2.24) is 4.57 Å². The first kappa shape index (κ1) is 17.8. The third-order valence-electron chi connectivity index (χ3n) is 4.42. The molecule has 26 heavy (non-hydrogen) atoms. The topological polar surface area (TPSA) is 31.2 Å². The van der Waals surface area contributed by atoms with Gasteiger partial charge in [-0.15, -0.1) is 11.3 Å². The number of ether oxygens (including phenoxy) is 1. The van der Waals surface area contributed by atoms with Crippen LogP contribution in [0.1, 0.15) is 21.9 Å². The zero-order chi connectivity index (χ0) is 18.4. The number of carbonyl (C=O) groups excluding carboxylic acids is 1. The Morgan fingerprint density at radius 3 is 2.58 bits per heavy atom. The van der Waals surface area contributed by atoms with Crippen LogP contribution in [0.3, 0.4) is 0 Å². The Morgan fingerprint density at radius 1 is 1.19 bits per heavy atom. The number of carbonyl (C=O) groups is 1. The van der Waals surface area contributed by atoms with Crippen LogP contribution in [-0.2, 0) is 4.79 Å². The van der Waals surface area contributed by atoms with Gasteiger partial charge in [-0.1, -0.05) is 41.9 Å². The highest BCUT2D eigenvalue weighted by molar-refractivity contribution is 7.81. The third kappa shape index (κ3) is 2.91. The summed E-state index contributed by atoms with van der Waals surface area (Å²) in [5, 5.41) is 0.0511. The third-order valence-corrected chi connectivity index (χ3v) is 6.62. The molecule has 3 nitrogen and oxygen atoms in total. The number of hydrogen-bond donors (Lipinski definition) is 1. The van der Waals surface area contributed by atoms with Gasteiger partial charge in [-0.25, -0.2) is 0 Å². The number of para-hydroxylation sites is 1. The van der Waals surface area contributed by atoms with Gasteiger partial charge in [0.2, 0.25) is 5.88 Å². The SMILES string of the molecule is Cc1ccccc1-n1c2c(sc1=S)[C@H](c1ccc(Cl)cc1)[C@@H](S)C(=O)O2. The molecule has 3 aromatic rings. The number of fused-ring (bicyclic) bond motifs is 1. The maximum absolute atomic E-state index is 12.5. The van der Waals surface area contributed by atoms with E-state index in [0.29, 0.717) is 14.9 Å². The summed E-state index contributed by atoms with van der Waals surface area (Å²) in [6.07, 6.45) is 0. The molecule has 0 spiro atoms. The number of aryl methyl sites for hydroxylation is 1. The van der Waals surface area contributed by atoms with Gasteiger partial charge in [0.1, 0.15) is 5.25 Å². The molecule has 2 aromatic carbocycles. The molecule has 2 atom stereocenters. The van der Waals surface area contributed by atoms with Gasteiger partial charge in [-0.2, -0.15) is 12.6 Å². The van der Waals surface area contributed by atoms with Crippen LogP contribution in [0.5, 0.6) is 5.88 Å². The standard InChI is InChI=1S/C19H14ClNO2S3/c1-10-4-2-3-5-13(10)21-17-16(26-19(21)25)14(15(24)18(22)23-17)11-6-8-12(20)9-7-11/h2-9,14-15,24H,1H3/t14-,15-/m1/s1. The molecule has 0 fully saturated rings. The Kier molecular flexibility index (Phi) is 4.69. The van der Waals surface area contributed by atoms with E-state index in [1.165, 1.54) is 11.3 Å². The quantitative estimate of drug-likeness (QED) is 0.334. The van der Waals surface area contributed by atoms with E-state index >= 15 is 0 Å². The second-order valence-electron chi connectivity index (χ2n) is 6.05. The van der Waals surface area contributed by atoms with E-state index in [1.807, 2.05) is 60.0 Å². The minimum absolute atomic E-state index is 0.233. The molecule has 132 valence electrons. The predicted molar refractivity (Wildman–Crippen MR) is 111 cm³/mol. The number of rotatable bonds is 2. The summed E-state index contributed by atoms with van der Waals surface area (Å²) in [4.78, 5) is 13.4. The number of esters is 1. The smallest absolute Gasteiger partial charge is 0.326 e. The number of benzene rings is 2. The lowest BCUT2D eigenvalue weighted by molar-refractivity contribution is -0.135. The molecule has 1 aliphatic rings. The van der Waals surface area contributed by atoms with Gasteiger partial charge in [-0.05, 0) is 48.5 Å². The summed E-state index contributed by atoms with van der Waals surface area (Å²) < 4.78 is 8.12. The van der Waals surface area contributed by atoms with Crippen molar-refractivity contribution in [1.29, 1.82) is 0 Å².